The largest absolute Gasteiger partial charge is 0.497 e. The molecular formula is C13H16O6S. The van der Waals surface area contributed by atoms with E-state index in [4.69, 9.17) is 14.6 Å². The highest BCUT2D eigenvalue weighted by molar-refractivity contribution is 7.90. The first kappa shape index (κ1) is 16.0. The monoisotopic (exact) mass is 300 g/mol. The van der Waals surface area contributed by atoms with Gasteiger partial charge in [0.2, 0.25) is 0 Å². The van der Waals surface area contributed by atoms with Crippen molar-refractivity contribution in [3.63, 3.8) is 0 Å². The molecule has 0 spiro atoms. The van der Waals surface area contributed by atoms with Crippen molar-refractivity contribution in [2.45, 2.75) is 0 Å². The maximum absolute atomic E-state index is 11.0. The van der Waals surface area contributed by atoms with Crippen molar-refractivity contribution >= 4 is 21.9 Å². The van der Waals surface area contributed by atoms with Crippen molar-refractivity contribution in [3.05, 3.63) is 29.8 Å². The number of carboxylic acids is 1. The molecule has 0 aliphatic carbocycles. The number of hydrogen-bond donors (Lipinski definition) is 1. The van der Waals surface area contributed by atoms with E-state index < -0.39 is 15.8 Å². The summed E-state index contributed by atoms with van der Waals surface area (Å²) in [5.41, 5.74) is 0.500. The minimum atomic E-state index is -3.11. The Balaban J connectivity index is 2.90. The van der Waals surface area contributed by atoms with Crippen molar-refractivity contribution in [1.29, 1.82) is 0 Å². The fourth-order valence-corrected chi connectivity index (χ4v) is 1.77. The van der Waals surface area contributed by atoms with Crippen LogP contribution in [0.15, 0.2) is 24.3 Å². The molecule has 0 aliphatic heterocycles. The number of benzene rings is 1. The minimum Gasteiger partial charge on any atom is -0.497 e. The van der Waals surface area contributed by atoms with E-state index in [1.54, 1.807) is 18.2 Å². The van der Waals surface area contributed by atoms with Crippen LogP contribution in [0.1, 0.15) is 5.56 Å². The zero-order chi connectivity index (χ0) is 15.2. The molecule has 0 atom stereocenters. The molecular weight excluding hydrogens is 284 g/mol. The lowest BCUT2D eigenvalue weighted by atomic mass is 10.1. The second kappa shape index (κ2) is 6.95. The molecule has 7 heteroatoms. The molecule has 1 N–H and O–H groups in total. The average molecular weight is 300 g/mol. The predicted octanol–water partition coefficient (Wildman–Crippen LogP) is 1.22. The number of methoxy groups -OCH3 is 1. The van der Waals surface area contributed by atoms with Gasteiger partial charge in [-0.15, -0.1) is 0 Å². The molecule has 0 aromatic heterocycles. The van der Waals surface area contributed by atoms with Gasteiger partial charge in [0.15, 0.2) is 9.84 Å². The Hall–Kier alpha value is -2.02. The highest BCUT2D eigenvalue weighted by atomic mass is 32.2. The molecule has 0 heterocycles. The molecule has 110 valence electrons. The van der Waals surface area contributed by atoms with Crippen LogP contribution >= 0.6 is 0 Å². The van der Waals surface area contributed by atoms with Gasteiger partial charge in [0, 0.05) is 17.9 Å². The summed E-state index contributed by atoms with van der Waals surface area (Å²) in [7, 11) is -1.62. The molecule has 0 bridgehead atoms. The Bertz CT molecular complexity index is 603. The first-order valence-corrected chi connectivity index (χ1v) is 7.77. The Morgan fingerprint density at radius 2 is 2.10 bits per heavy atom. The van der Waals surface area contributed by atoms with E-state index >= 15 is 0 Å². The number of carboxylic acid groups (broad SMARTS) is 1. The maximum atomic E-state index is 11.0. The second-order valence-electron chi connectivity index (χ2n) is 4.05. The SMILES string of the molecule is COc1ccc(OCCS(C)(=O)=O)c(/C=C/C(=O)O)c1. The highest BCUT2D eigenvalue weighted by Crippen LogP contribution is 2.25. The summed E-state index contributed by atoms with van der Waals surface area (Å²) in [6.07, 6.45) is 3.45. The average Bonchev–Trinajstić information content (AvgIpc) is 2.35. The molecule has 1 rings (SSSR count). The Morgan fingerprint density at radius 3 is 2.65 bits per heavy atom. The summed E-state index contributed by atoms with van der Waals surface area (Å²) in [6, 6.07) is 4.85. The molecule has 1 aromatic rings. The summed E-state index contributed by atoms with van der Waals surface area (Å²) in [5, 5.41) is 8.64. The summed E-state index contributed by atoms with van der Waals surface area (Å²) in [5.74, 6) is -0.256. The third-order valence-electron chi connectivity index (χ3n) is 2.33. The topological polar surface area (TPSA) is 89.9 Å². The standard InChI is InChI=1S/C13H16O6S/c1-18-11-4-5-12(19-7-8-20(2,16)17)10(9-11)3-6-13(14)15/h3-6,9H,7-8H2,1-2H3,(H,14,15)/b6-3+. The Kier molecular flexibility index (Phi) is 5.57. The number of rotatable bonds is 7. The molecule has 0 fully saturated rings. The van der Waals surface area contributed by atoms with Crippen LogP contribution < -0.4 is 9.47 Å². The fourth-order valence-electron chi connectivity index (χ4n) is 1.38. The first-order chi connectivity index (χ1) is 9.31. The van der Waals surface area contributed by atoms with Gasteiger partial charge in [0.25, 0.3) is 0 Å². The van der Waals surface area contributed by atoms with Gasteiger partial charge in [-0.25, -0.2) is 13.2 Å². The maximum Gasteiger partial charge on any atom is 0.328 e. The first-order valence-electron chi connectivity index (χ1n) is 5.71. The predicted molar refractivity (Wildman–Crippen MR) is 74.9 cm³/mol. The molecule has 0 saturated heterocycles. The van der Waals surface area contributed by atoms with Gasteiger partial charge < -0.3 is 14.6 Å². The van der Waals surface area contributed by atoms with Crippen LogP contribution in [-0.4, -0.2) is 45.2 Å². The van der Waals surface area contributed by atoms with Crippen molar-refractivity contribution < 1.29 is 27.8 Å². The van der Waals surface area contributed by atoms with Gasteiger partial charge in [-0.2, -0.15) is 0 Å². The smallest absolute Gasteiger partial charge is 0.328 e. The lowest BCUT2D eigenvalue weighted by molar-refractivity contribution is -0.131. The summed E-state index contributed by atoms with van der Waals surface area (Å²) in [6.45, 7) is -0.000919. The highest BCUT2D eigenvalue weighted by Gasteiger charge is 2.07. The van der Waals surface area contributed by atoms with Crippen molar-refractivity contribution in [3.8, 4) is 11.5 Å². The quantitative estimate of drug-likeness (QED) is 0.761. The lowest BCUT2D eigenvalue weighted by Gasteiger charge is -2.10. The molecule has 0 aliphatic rings. The van der Waals surface area contributed by atoms with Crippen molar-refractivity contribution in [2.75, 3.05) is 25.7 Å². The van der Waals surface area contributed by atoms with Crippen LogP contribution in [0.25, 0.3) is 6.08 Å². The molecule has 1 aromatic carbocycles. The lowest BCUT2D eigenvalue weighted by Crippen LogP contribution is -2.12. The Labute approximate surface area is 117 Å². The summed E-state index contributed by atoms with van der Waals surface area (Å²) >= 11 is 0. The van der Waals surface area contributed by atoms with Crippen molar-refractivity contribution in [1.82, 2.24) is 0 Å². The van der Waals surface area contributed by atoms with Crippen LogP contribution in [0.2, 0.25) is 0 Å². The summed E-state index contributed by atoms with van der Waals surface area (Å²) < 4.78 is 32.5. The molecule has 20 heavy (non-hydrogen) atoms. The van der Waals surface area contributed by atoms with E-state index in [1.165, 1.54) is 13.2 Å². The Morgan fingerprint density at radius 1 is 1.40 bits per heavy atom. The van der Waals surface area contributed by atoms with Gasteiger partial charge in [0.1, 0.15) is 18.1 Å². The van der Waals surface area contributed by atoms with Gasteiger partial charge in [-0.3, -0.25) is 0 Å². The van der Waals surface area contributed by atoms with E-state index in [2.05, 4.69) is 0 Å². The number of ether oxygens (including phenoxy) is 2. The third-order valence-corrected chi connectivity index (χ3v) is 3.24. The number of hydrogen-bond acceptors (Lipinski definition) is 5. The van der Waals surface area contributed by atoms with Crippen LogP contribution in [0.3, 0.4) is 0 Å². The normalized spacial score (nSPS) is 11.5. The van der Waals surface area contributed by atoms with Crippen LogP contribution in [0.5, 0.6) is 11.5 Å². The number of carbonyl (C=O) groups is 1. The van der Waals surface area contributed by atoms with Gasteiger partial charge in [-0.1, -0.05) is 0 Å². The van der Waals surface area contributed by atoms with E-state index in [9.17, 15) is 13.2 Å². The minimum absolute atomic E-state index is 0.000919. The van der Waals surface area contributed by atoms with Gasteiger partial charge >= 0.3 is 5.97 Å². The van der Waals surface area contributed by atoms with Crippen LogP contribution in [0, 0.1) is 0 Å². The number of sulfone groups is 1. The zero-order valence-electron chi connectivity index (χ0n) is 11.2. The molecule has 0 unspecified atom stereocenters. The van der Waals surface area contributed by atoms with Crippen LogP contribution in [-0.2, 0) is 14.6 Å². The fraction of sp³-hybridized carbons (Fsp3) is 0.308. The van der Waals surface area contributed by atoms with Crippen molar-refractivity contribution in [2.24, 2.45) is 0 Å². The van der Waals surface area contributed by atoms with E-state index in [-0.39, 0.29) is 12.4 Å². The summed E-state index contributed by atoms with van der Waals surface area (Å²) in [4.78, 5) is 10.5. The second-order valence-corrected chi connectivity index (χ2v) is 6.31. The van der Waals surface area contributed by atoms with E-state index in [1.807, 2.05) is 0 Å². The molecule has 0 saturated carbocycles. The zero-order valence-corrected chi connectivity index (χ0v) is 12.0. The molecule has 0 amide bonds. The number of aliphatic carboxylic acids is 1. The third kappa shape index (κ3) is 5.75. The van der Waals surface area contributed by atoms with E-state index in [0.717, 1.165) is 12.3 Å². The molecule has 0 radical (unpaired) electrons. The van der Waals surface area contributed by atoms with Crippen LogP contribution in [0.4, 0.5) is 0 Å². The molecule has 6 nitrogen and oxygen atoms in total. The van der Waals surface area contributed by atoms with E-state index in [0.29, 0.717) is 17.1 Å². The van der Waals surface area contributed by atoms with Gasteiger partial charge in [0.05, 0.1) is 12.9 Å². The van der Waals surface area contributed by atoms with Gasteiger partial charge in [-0.05, 0) is 24.3 Å².